The number of hydrogen-bond donors (Lipinski definition) is 1. The van der Waals surface area contributed by atoms with Gasteiger partial charge in [0.2, 0.25) is 0 Å². The van der Waals surface area contributed by atoms with Gasteiger partial charge in [0, 0.05) is 30.7 Å². The van der Waals surface area contributed by atoms with E-state index in [9.17, 15) is 8.42 Å². The van der Waals surface area contributed by atoms with Crippen LogP contribution in [0, 0.1) is 0 Å². The molecular formula is C13H28N2O2S. The lowest BCUT2D eigenvalue weighted by atomic mass is 9.92. The number of rotatable bonds is 4. The van der Waals surface area contributed by atoms with Gasteiger partial charge in [-0.3, -0.25) is 4.90 Å². The monoisotopic (exact) mass is 276 g/mol. The quantitative estimate of drug-likeness (QED) is 0.840. The molecule has 0 bridgehead atoms. The molecular weight excluding hydrogens is 248 g/mol. The van der Waals surface area contributed by atoms with Crippen LogP contribution in [0.4, 0.5) is 0 Å². The minimum atomic E-state index is -2.95. The van der Waals surface area contributed by atoms with Gasteiger partial charge in [0.05, 0.1) is 11.0 Å². The molecule has 1 fully saturated rings. The Morgan fingerprint density at radius 1 is 1.22 bits per heavy atom. The Morgan fingerprint density at radius 2 is 1.78 bits per heavy atom. The molecule has 1 aliphatic rings. The van der Waals surface area contributed by atoms with Crippen LogP contribution < -0.4 is 5.32 Å². The number of hydrogen-bond acceptors (Lipinski definition) is 4. The van der Waals surface area contributed by atoms with E-state index in [1.54, 1.807) is 13.8 Å². The fourth-order valence-electron chi connectivity index (χ4n) is 2.17. The molecule has 0 amide bonds. The number of piperazine rings is 1. The van der Waals surface area contributed by atoms with Crippen molar-refractivity contribution >= 4 is 9.84 Å². The molecule has 0 aliphatic carbocycles. The lowest BCUT2D eigenvalue weighted by Crippen LogP contribution is -2.66. The van der Waals surface area contributed by atoms with Crippen molar-refractivity contribution < 1.29 is 8.42 Å². The second-order valence-electron chi connectivity index (χ2n) is 6.89. The van der Waals surface area contributed by atoms with Crippen LogP contribution in [0.15, 0.2) is 0 Å². The Kier molecular flexibility index (Phi) is 4.51. The van der Waals surface area contributed by atoms with E-state index in [4.69, 9.17) is 0 Å². The molecule has 0 aromatic rings. The molecule has 0 atom stereocenters. The van der Waals surface area contributed by atoms with Crippen molar-refractivity contribution in [2.24, 2.45) is 0 Å². The van der Waals surface area contributed by atoms with Crippen molar-refractivity contribution in [3.63, 3.8) is 0 Å². The average Bonchev–Trinajstić information content (AvgIpc) is 2.20. The third-order valence-electron chi connectivity index (χ3n) is 3.81. The lowest BCUT2D eigenvalue weighted by molar-refractivity contribution is 0.0449. The molecule has 108 valence electrons. The Labute approximate surface area is 112 Å². The van der Waals surface area contributed by atoms with Gasteiger partial charge in [0.25, 0.3) is 0 Å². The molecule has 0 aromatic carbocycles. The number of nitrogens with zero attached hydrogens (tertiary/aromatic N) is 1. The summed E-state index contributed by atoms with van der Waals surface area (Å²) in [5.74, 6) is 0.254. The molecule has 0 radical (unpaired) electrons. The highest BCUT2D eigenvalue weighted by atomic mass is 32.2. The maximum atomic E-state index is 11.9. The molecule has 0 unspecified atom stereocenters. The van der Waals surface area contributed by atoms with Crippen LogP contribution in [-0.2, 0) is 9.84 Å². The van der Waals surface area contributed by atoms with Crippen molar-refractivity contribution in [2.75, 3.05) is 25.4 Å². The van der Waals surface area contributed by atoms with Crippen LogP contribution in [-0.4, -0.2) is 55.0 Å². The lowest BCUT2D eigenvalue weighted by Gasteiger charge is -2.49. The maximum absolute atomic E-state index is 11.9. The highest BCUT2D eigenvalue weighted by molar-refractivity contribution is 7.92. The Hall–Kier alpha value is -0.130. The van der Waals surface area contributed by atoms with Gasteiger partial charge < -0.3 is 5.32 Å². The van der Waals surface area contributed by atoms with E-state index in [0.29, 0.717) is 6.54 Å². The van der Waals surface area contributed by atoms with Gasteiger partial charge >= 0.3 is 0 Å². The molecule has 1 aliphatic heterocycles. The standard InChI is InChI=1S/C13H28N2O2S/c1-11(2)18(16,17)8-7-15-10-12(3,4)14-9-13(15,5)6/h11,14H,7-10H2,1-6H3. The average molecular weight is 276 g/mol. The smallest absolute Gasteiger partial charge is 0.153 e. The molecule has 0 saturated carbocycles. The Morgan fingerprint density at radius 3 is 2.28 bits per heavy atom. The van der Waals surface area contributed by atoms with Crippen LogP contribution >= 0.6 is 0 Å². The van der Waals surface area contributed by atoms with Crippen LogP contribution in [0.2, 0.25) is 0 Å². The molecule has 1 heterocycles. The van der Waals surface area contributed by atoms with Crippen LogP contribution in [0.3, 0.4) is 0 Å². The topological polar surface area (TPSA) is 49.4 Å². The summed E-state index contributed by atoms with van der Waals surface area (Å²) in [6.07, 6.45) is 0. The van der Waals surface area contributed by atoms with Gasteiger partial charge in [-0.2, -0.15) is 0 Å². The fraction of sp³-hybridized carbons (Fsp3) is 1.00. The molecule has 0 spiro atoms. The minimum Gasteiger partial charge on any atom is -0.309 e. The Bertz CT molecular complexity index is 386. The minimum absolute atomic E-state index is 0.0159. The van der Waals surface area contributed by atoms with E-state index in [2.05, 4.69) is 37.9 Å². The van der Waals surface area contributed by atoms with Gasteiger partial charge in [-0.1, -0.05) is 0 Å². The zero-order chi connectivity index (χ0) is 14.2. The van der Waals surface area contributed by atoms with E-state index >= 15 is 0 Å². The Balaban J connectivity index is 2.70. The van der Waals surface area contributed by atoms with Crippen molar-refractivity contribution in [3.8, 4) is 0 Å². The third-order valence-corrected chi connectivity index (χ3v) is 5.99. The van der Waals surface area contributed by atoms with Crippen molar-refractivity contribution in [3.05, 3.63) is 0 Å². The zero-order valence-corrected chi connectivity index (χ0v) is 13.4. The summed E-state index contributed by atoms with van der Waals surface area (Å²) in [6.45, 7) is 14.5. The first-order chi connectivity index (χ1) is 7.96. The van der Waals surface area contributed by atoms with Crippen molar-refractivity contribution in [1.82, 2.24) is 10.2 Å². The number of nitrogens with one attached hydrogen (secondary N) is 1. The second kappa shape index (κ2) is 5.10. The summed E-state index contributed by atoms with van der Waals surface area (Å²) < 4.78 is 23.8. The summed E-state index contributed by atoms with van der Waals surface area (Å²) in [5.41, 5.74) is 0.0686. The largest absolute Gasteiger partial charge is 0.309 e. The molecule has 0 aromatic heterocycles. The maximum Gasteiger partial charge on any atom is 0.153 e. The normalized spacial score (nSPS) is 24.4. The highest BCUT2D eigenvalue weighted by Crippen LogP contribution is 2.23. The van der Waals surface area contributed by atoms with Crippen LogP contribution in [0.5, 0.6) is 0 Å². The summed E-state index contributed by atoms with van der Waals surface area (Å²) >= 11 is 0. The third kappa shape index (κ3) is 3.93. The molecule has 1 rings (SSSR count). The molecule has 4 nitrogen and oxygen atoms in total. The zero-order valence-electron chi connectivity index (χ0n) is 12.6. The van der Waals surface area contributed by atoms with E-state index in [0.717, 1.165) is 13.1 Å². The summed E-state index contributed by atoms with van der Waals surface area (Å²) in [4.78, 5) is 2.30. The van der Waals surface area contributed by atoms with Gasteiger partial charge in [-0.05, 0) is 41.5 Å². The van der Waals surface area contributed by atoms with Crippen molar-refractivity contribution in [2.45, 2.75) is 57.9 Å². The van der Waals surface area contributed by atoms with Crippen LogP contribution in [0.25, 0.3) is 0 Å². The highest BCUT2D eigenvalue weighted by Gasteiger charge is 2.37. The first-order valence-corrected chi connectivity index (χ1v) is 8.39. The molecule has 18 heavy (non-hydrogen) atoms. The van der Waals surface area contributed by atoms with E-state index in [1.165, 1.54) is 0 Å². The first-order valence-electron chi connectivity index (χ1n) is 6.68. The molecule has 5 heteroatoms. The summed E-state index contributed by atoms with van der Waals surface area (Å²) in [5, 5.41) is 3.23. The summed E-state index contributed by atoms with van der Waals surface area (Å²) in [7, 11) is -2.95. The fourth-order valence-corrected chi connectivity index (χ4v) is 3.12. The van der Waals surface area contributed by atoms with Crippen LogP contribution in [0.1, 0.15) is 41.5 Å². The predicted molar refractivity (Wildman–Crippen MR) is 76.7 cm³/mol. The molecule has 1 saturated heterocycles. The van der Waals surface area contributed by atoms with Gasteiger partial charge in [0.15, 0.2) is 9.84 Å². The second-order valence-corrected chi connectivity index (χ2v) is 9.56. The van der Waals surface area contributed by atoms with E-state index < -0.39 is 9.84 Å². The van der Waals surface area contributed by atoms with Gasteiger partial charge in [0.1, 0.15) is 0 Å². The van der Waals surface area contributed by atoms with E-state index in [1.807, 2.05) is 0 Å². The predicted octanol–water partition coefficient (Wildman–Crippen LogP) is 1.27. The van der Waals surface area contributed by atoms with Crippen molar-refractivity contribution in [1.29, 1.82) is 0 Å². The summed E-state index contributed by atoms with van der Waals surface area (Å²) in [6, 6.07) is 0. The van der Waals surface area contributed by atoms with Gasteiger partial charge in [-0.25, -0.2) is 8.42 Å². The first kappa shape index (κ1) is 15.9. The van der Waals surface area contributed by atoms with Gasteiger partial charge in [-0.15, -0.1) is 0 Å². The molecule has 1 N–H and O–H groups in total. The van der Waals surface area contributed by atoms with E-state index in [-0.39, 0.29) is 22.1 Å². The number of sulfone groups is 1. The SMILES string of the molecule is CC(C)S(=O)(=O)CCN1CC(C)(C)NCC1(C)C.